The van der Waals surface area contributed by atoms with Crippen LogP contribution in [0, 0.1) is 36.3 Å². The van der Waals surface area contributed by atoms with Crippen LogP contribution in [0.15, 0.2) is 30.3 Å². The second kappa shape index (κ2) is 10.9. The molecule has 0 aliphatic carbocycles. The molecule has 38 heavy (non-hydrogen) atoms. The topological polar surface area (TPSA) is 208 Å². The molecule has 0 radical (unpaired) electrons. The summed E-state index contributed by atoms with van der Waals surface area (Å²) in [6.07, 6.45) is -0.997. The zero-order valence-corrected chi connectivity index (χ0v) is 22.5. The van der Waals surface area contributed by atoms with E-state index < -0.39 is 59.7 Å². The second-order valence-corrected chi connectivity index (χ2v) is 10.9. The molecule has 14 nitrogen and oxygen atoms in total. The van der Waals surface area contributed by atoms with E-state index in [4.69, 9.17) is 15.2 Å². The number of hydrogen-bond donors (Lipinski definition) is 1. The summed E-state index contributed by atoms with van der Waals surface area (Å²) in [6, 6.07) is 5.06. The minimum Gasteiger partial charge on any atom is -0.486 e. The lowest BCUT2D eigenvalue weighted by molar-refractivity contribution is -0.394. The molecule has 1 heterocycles. The summed E-state index contributed by atoms with van der Waals surface area (Å²) in [5.74, 6) is -1.48. The Balaban J connectivity index is 1.78. The molecule has 0 amide bonds. The van der Waals surface area contributed by atoms with Crippen molar-refractivity contribution in [2.24, 2.45) is 5.92 Å². The van der Waals surface area contributed by atoms with Gasteiger partial charge in [0.15, 0.2) is 0 Å². The quantitative estimate of drug-likeness (QED) is 0.141. The average Bonchev–Trinajstić information content (AvgIpc) is 2.83. The number of esters is 1. The van der Waals surface area contributed by atoms with Crippen molar-refractivity contribution >= 4 is 61.5 Å². The first-order valence-corrected chi connectivity index (χ1v) is 12.7. The third kappa shape index (κ3) is 6.02. The van der Waals surface area contributed by atoms with Crippen LogP contribution in [0.5, 0.6) is 5.75 Å². The Morgan fingerprint density at radius 1 is 1.08 bits per heavy atom. The number of ether oxygens (including phenoxy) is 2. The van der Waals surface area contributed by atoms with Gasteiger partial charge < -0.3 is 15.2 Å². The molecule has 3 rings (SSSR count). The molecule has 2 aromatic rings. The van der Waals surface area contributed by atoms with Crippen molar-refractivity contribution in [3.8, 4) is 5.75 Å². The first-order valence-electron chi connectivity index (χ1n) is 10.8. The largest absolute Gasteiger partial charge is 0.486 e. The number of rotatable bonds is 8. The number of nitrogens with two attached hydrogens (primary N) is 1. The molecule has 0 bridgehead atoms. The zero-order chi connectivity index (χ0) is 28.5. The van der Waals surface area contributed by atoms with Gasteiger partial charge in [0.2, 0.25) is 5.12 Å². The maximum atomic E-state index is 13.0. The number of anilines is 1. The number of fused-ring (bicyclic) bond motifs is 1. The molecular weight excluding hydrogens is 592 g/mol. The molecule has 0 aromatic heterocycles. The molecule has 3 atom stereocenters. The van der Waals surface area contributed by atoms with Crippen LogP contribution in [-0.4, -0.2) is 42.0 Å². The van der Waals surface area contributed by atoms with Gasteiger partial charge in [-0.1, -0.05) is 34.6 Å². The van der Waals surface area contributed by atoms with Crippen molar-refractivity contribution < 1.29 is 33.8 Å². The fourth-order valence-electron chi connectivity index (χ4n) is 3.57. The Kier molecular flexibility index (Phi) is 8.26. The van der Waals surface area contributed by atoms with Crippen molar-refractivity contribution in [2.75, 3.05) is 11.5 Å². The van der Waals surface area contributed by atoms with Gasteiger partial charge in [0.25, 0.3) is 17.1 Å². The number of alkyl halides is 1. The van der Waals surface area contributed by atoms with E-state index in [1.807, 2.05) is 0 Å². The summed E-state index contributed by atoms with van der Waals surface area (Å²) in [5.41, 5.74) is 3.13. The van der Waals surface area contributed by atoms with Gasteiger partial charge in [-0.05, 0) is 13.8 Å². The zero-order valence-electron chi connectivity index (χ0n) is 20.1. The number of carbonyl (C=O) groups excluding carboxylic acids is 2. The van der Waals surface area contributed by atoms with Crippen LogP contribution in [0.4, 0.5) is 22.7 Å². The van der Waals surface area contributed by atoms with Gasteiger partial charge >= 0.3 is 5.97 Å². The highest BCUT2D eigenvalue weighted by molar-refractivity contribution is 9.09. The Hall–Kier alpha value is -3.79. The van der Waals surface area contributed by atoms with Crippen molar-refractivity contribution in [3.63, 3.8) is 0 Å². The SMILES string of the molecule is CC(CSC(=O)c1cc([N+](=O)[O-])cc([N+](=O)[O-])c1)C(=O)O[C@H]1c2cc([N+](=O)[O-])c(N)cc2OC(C)(C)[C@@H]1Br. The summed E-state index contributed by atoms with van der Waals surface area (Å²) >= 11 is 4.10. The molecule has 1 unspecified atom stereocenters. The molecule has 16 heteroatoms. The third-order valence-electron chi connectivity index (χ3n) is 5.64. The Morgan fingerprint density at radius 3 is 2.18 bits per heavy atom. The minimum absolute atomic E-state index is 0.109. The van der Waals surface area contributed by atoms with Crippen LogP contribution in [0.3, 0.4) is 0 Å². The van der Waals surface area contributed by atoms with E-state index in [1.54, 1.807) is 13.8 Å². The maximum absolute atomic E-state index is 13.0. The summed E-state index contributed by atoms with van der Waals surface area (Å²) in [5, 5.41) is 32.8. The van der Waals surface area contributed by atoms with Crippen LogP contribution >= 0.6 is 27.7 Å². The molecule has 0 saturated heterocycles. The van der Waals surface area contributed by atoms with Crippen LogP contribution in [0.2, 0.25) is 0 Å². The van der Waals surface area contributed by atoms with Gasteiger partial charge in [0.05, 0.1) is 31.6 Å². The molecule has 202 valence electrons. The fraction of sp³-hybridized carbons (Fsp3) is 0.364. The third-order valence-corrected chi connectivity index (χ3v) is 8.38. The van der Waals surface area contributed by atoms with Crippen LogP contribution < -0.4 is 10.5 Å². The van der Waals surface area contributed by atoms with E-state index in [0.29, 0.717) is 11.8 Å². The molecule has 1 aliphatic heterocycles. The number of benzene rings is 2. The molecule has 2 aromatic carbocycles. The van der Waals surface area contributed by atoms with Gasteiger partial charge in [-0.15, -0.1) is 0 Å². The van der Waals surface area contributed by atoms with E-state index in [1.165, 1.54) is 19.1 Å². The maximum Gasteiger partial charge on any atom is 0.310 e. The lowest BCUT2D eigenvalue weighted by Gasteiger charge is -2.41. The highest BCUT2D eigenvalue weighted by atomic mass is 79.9. The molecule has 0 saturated carbocycles. The van der Waals surface area contributed by atoms with Gasteiger partial charge in [-0.25, -0.2) is 0 Å². The van der Waals surface area contributed by atoms with E-state index in [2.05, 4.69) is 15.9 Å². The first kappa shape index (κ1) is 28.8. The molecule has 0 fully saturated rings. The number of nitrogen functional groups attached to an aromatic ring is 1. The summed E-state index contributed by atoms with van der Waals surface area (Å²) in [4.78, 5) is 56.1. The lowest BCUT2D eigenvalue weighted by atomic mass is 9.90. The first-order chi connectivity index (χ1) is 17.6. The number of nitro benzene ring substituents is 3. The standard InChI is InChI=1S/C22H21BrN4O10S/c1-10(9-38-21(29)11-4-12(25(30)31)6-13(5-11)26(32)33)20(28)36-18-14-7-16(27(34)35)15(24)8-17(14)37-22(2,3)19(18)23/h4-8,10,18-19H,9,24H2,1-3H3/t10?,18-,19+/m0/s1. The fourth-order valence-corrected chi connectivity index (χ4v) is 4.88. The molecular formula is C22H21BrN4O10S. The summed E-state index contributed by atoms with van der Waals surface area (Å²) in [6.45, 7) is 4.94. The normalized spacial score (nSPS) is 18.4. The van der Waals surface area contributed by atoms with Gasteiger partial charge in [-0.3, -0.25) is 39.9 Å². The highest BCUT2D eigenvalue weighted by Crippen LogP contribution is 2.48. The number of carbonyl (C=O) groups is 2. The number of nitrogens with zero attached hydrogens (tertiary/aromatic N) is 3. The van der Waals surface area contributed by atoms with Crippen LogP contribution in [0.25, 0.3) is 0 Å². The van der Waals surface area contributed by atoms with Crippen molar-refractivity contribution in [3.05, 3.63) is 71.8 Å². The average molecular weight is 613 g/mol. The number of nitro groups is 3. The summed E-state index contributed by atoms with van der Waals surface area (Å²) < 4.78 is 11.6. The van der Waals surface area contributed by atoms with Gasteiger partial charge in [0, 0.05) is 41.1 Å². The van der Waals surface area contributed by atoms with Crippen molar-refractivity contribution in [1.82, 2.24) is 0 Å². The van der Waals surface area contributed by atoms with Gasteiger partial charge in [0.1, 0.15) is 23.1 Å². The molecule has 2 N–H and O–H groups in total. The number of halogens is 1. The van der Waals surface area contributed by atoms with Gasteiger partial charge in [-0.2, -0.15) is 0 Å². The predicted molar refractivity (Wildman–Crippen MR) is 139 cm³/mol. The number of hydrogen-bond acceptors (Lipinski definition) is 12. The lowest BCUT2D eigenvalue weighted by Crippen LogP contribution is -2.47. The van der Waals surface area contributed by atoms with Crippen LogP contribution in [-0.2, 0) is 9.53 Å². The Morgan fingerprint density at radius 2 is 1.66 bits per heavy atom. The van der Waals surface area contributed by atoms with E-state index in [0.717, 1.165) is 18.2 Å². The van der Waals surface area contributed by atoms with E-state index in [-0.39, 0.29) is 34.0 Å². The number of non-ortho nitro benzene ring substituents is 2. The van der Waals surface area contributed by atoms with Crippen molar-refractivity contribution in [2.45, 2.75) is 37.3 Å². The monoisotopic (exact) mass is 612 g/mol. The van der Waals surface area contributed by atoms with Crippen molar-refractivity contribution in [1.29, 1.82) is 0 Å². The summed E-state index contributed by atoms with van der Waals surface area (Å²) in [7, 11) is 0. The highest BCUT2D eigenvalue weighted by Gasteiger charge is 2.46. The van der Waals surface area contributed by atoms with E-state index in [9.17, 15) is 39.9 Å². The molecule has 1 aliphatic rings. The van der Waals surface area contributed by atoms with Crippen LogP contribution in [0.1, 0.15) is 42.8 Å². The number of thioether (sulfide) groups is 1. The predicted octanol–water partition coefficient (Wildman–Crippen LogP) is 4.72. The minimum atomic E-state index is -0.997. The second-order valence-electron chi connectivity index (χ2n) is 8.92. The Labute approximate surface area is 227 Å². The van der Waals surface area contributed by atoms with E-state index >= 15 is 0 Å². The Bertz CT molecular complexity index is 1320. The molecule has 0 spiro atoms. The smallest absolute Gasteiger partial charge is 0.310 e.